The summed E-state index contributed by atoms with van der Waals surface area (Å²) in [5.41, 5.74) is 8.38. The van der Waals surface area contributed by atoms with Gasteiger partial charge in [0.25, 0.3) is 5.91 Å². The number of nitrogens with one attached hydrogen (secondary N) is 1. The molecule has 0 spiro atoms. The van der Waals surface area contributed by atoms with E-state index in [4.69, 9.17) is 10.2 Å². The third-order valence-corrected chi connectivity index (χ3v) is 3.69. The molecule has 2 aromatic rings. The minimum Gasteiger partial charge on any atom is -0.467 e. The van der Waals surface area contributed by atoms with Crippen molar-refractivity contribution in [3.8, 4) is 0 Å². The smallest absolute Gasteiger partial charge is 0.255 e. The van der Waals surface area contributed by atoms with E-state index in [0.717, 1.165) is 12.0 Å². The summed E-state index contributed by atoms with van der Waals surface area (Å²) in [7, 11) is 0. The van der Waals surface area contributed by atoms with Crippen molar-refractivity contribution in [3.63, 3.8) is 0 Å². The summed E-state index contributed by atoms with van der Waals surface area (Å²) >= 11 is 0. The van der Waals surface area contributed by atoms with Gasteiger partial charge in [0.15, 0.2) is 0 Å². The SMILES string of the molecule is Cc1ccccc1C(CC(C)C)NC(=O)c1coc(CN)c1.Cl. The molecule has 1 unspecified atom stereocenters. The molecule has 0 saturated carbocycles. The maximum Gasteiger partial charge on any atom is 0.255 e. The van der Waals surface area contributed by atoms with Gasteiger partial charge >= 0.3 is 0 Å². The van der Waals surface area contributed by atoms with Crippen LogP contribution in [-0.4, -0.2) is 5.91 Å². The predicted molar refractivity (Wildman–Crippen MR) is 94.7 cm³/mol. The number of carbonyl (C=O) groups is 1. The fourth-order valence-corrected chi connectivity index (χ4v) is 2.56. The van der Waals surface area contributed by atoms with Crippen molar-refractivity contribution < 1.29 is 9.21 Å². The molecule has 1 heterocycles. The van der Waals surface area contributed by atoms with Gasteiger partial charge in [0.1, 0.15) is 12.0 Å². The van der Waals surface area contributed by atoms with Crippen LogP contribution in [0.2, 0.25) is 0 Å². The quantitative estimate of drug-likeness (QED) is 0.838. The normalized spacial score (nSPS) is 11.9. The largest absolute Gasteiger partial charge is 0.467 e. The Kier molecular flexibility index (Phi) is 7.33. The summed E-state index contributed by atoms with van der Waals surface area (Å²) in [4.78, 5) is 12.4. The number of halogens is 1. The zero-order valence-corrected chi connectivity index (χ0v) is 14.7. The zero-order chi connectivity index (χ0) is 16.1. The van der Waals surface area contributed by atoms with Gasteiger partial charge in [0.2, 0.25) is 0 Å². The van der Waals surface area contributed by atoms with E-state index in [0.29, 0.717) is 23.8 Å². The van der Waals surface area contributed by atoms with Crippen LogP contribution < -0.4 is 11.1 Å². The van der Waals surface area contributed by atoms with Gasteiger partial charge in [-0.25, -0.2) is 0 Å². The Morgan fingerprint density at radius 3 is 2.57 bits per heavy atom. The highest BCUT2D eigenvalue weighted by Crippen LogP contribution is 2.24. The Morgan fingerprint density at radius 1 is 1.30 bits per heavy atom. The van der Waals surface area contributed by atoms with E-state index in [2.05, 4.69) is 38.2 Å². The molecule has 0 bridgehead atoms. The summed E-state index contributed by atoms with van der Waals surface area (Å²) in [6, 6.07) is 9.84. The fraction of sp³-hybridized carbons (Fsp3) is 0.389. The van der Waals surface area contributed by atoms with Crippen molar-refractivity contribution in [1.29, 1.82) is 0 Å². The lowest BCUT2D eigenvalue weighted by Gasteiger charge is -2.22. The molecule has 4 nitrogen and oxygen atoms in total. The van der Waals surface area contributed by atoms with Crippen LogP contribution in [0.1, 0.15) is 53.6 Å². The lowest BCUT2D eigenvalue weighted by Crippen LogP contribution is -2.29. The summed E-state index contributed by atoms with van der Waals surface area (Å²) in [6.45, 7) is 6.67. The first-order chi connectivity index (χ1) is 10.5. The van der Waals surface area contributed by atoms with Crippen molar-refractivity contribution in [2.24, 2.45) is 11.7 Å². The number of amides is 1. The molecule has 1 aromatic carbocycles. The highest BCUT2D eigenvalue weighted by Gasteiger charge is 2.19. The van der Waals surface area contributed by atoms with Crippen molar-refractivity contribution in [2.75, 3.05) is 0 Å². The highest BCUT2D eigenvalue weighted by molar-refractivity contribution is 5.94. The molecule has 126 valence electrons. The summed E-state index contributed by atoms with van der Waals surface area (Å²) < 4.78 is 5.24. The molecule has 1 aromatic heterocycles. The van der Waals surface area contributed by atoms with Crippen LogP contribution in [0.3, 0.4) is 0 Å². The number of furan rings is 1. The van der Waals surface area contributed by atoms with Crippen LogP contribution in [0.25, 0.3) is 0 Å². The molecule has 2 rings (SSSR count). The summed E-state index contributed by atoms with van der Waals surface area (Å²) in [5.74, 6) is 0.965. The number of rotatable bonds is 6. The maximum absolute atomic E-state index is 12.4. The molecule has 0 saturated heterocycles. The molecule has 0 aliphatic rings. The average Bonchev–Trinajstić information content (AvgIpc) is 2.95. The Labute approximate surface area is 143 Å². The van der Waals surface area contributed by atoms with Crippen LogP contribution in [0.4, 0.5) is 0 Å². The van der Waals surface area contributed by atoms with Gasteiger partial charge in [0, 0.05) is 0 Å². The number of nitrogens with two attached hydrogens (primary N) is 1. The van der Waals surface area contributed by atoms with Gasteiger partial charge in [-0.3, -0.25) is 4.79 Å². The van der Waals surface area contributed by atoms with Crippen molar-refractivity contribution in [2.45, 2.75) is 39.8 Å². The Balaban J connectivity index is 0.00000264. The van der Waals surface area contributed by atoms with Crippen LogP contribution in [0, 0.1) is 12.8 Å². The predicted octanol–water partition coefficient (Wildman–Crippen LogP) is 3.99. The van der Waals surface area contributed by atoms with Gasteiger partial charge in [-0.1, -0.05) is 38.1 Å². The molecule has 5 heteroatoms. The molecule has 0 fully saturated rings. The van der Waals surface area contributed by atoms with E-state index in [1.165, 1.54) is 11.8 Å². The van der Waals surface area contributed by atoms with Crippen molar-refractivity contribution >= 4 is 18.3 Å². The van der Waals surface area contributed by atoms with Gasteiger partial charge in [0.05, 0.1) is 18.2 Å². The lowest BCUT2D eigenvalue weighted by molar-refractivity contribution is 0.0931. The molecule has 1 amide bonds. The number of benzene rings is 1. The molecule has 0 radical (unpaired) electrons. The monoisotopic (exact) mass is 336 g/mol. The third-order valence-electron chi connectivity index (χ3n) is 3.69. The topological polar surface area (TPSA) is 68.3 Å². The summed E-state index contributed by atoms with van der Waals surface area (Å²) in [5, 5.41) is 3.12. The number of aryl methyl sites for hydroxylation is 1. The average molecular weight is 337 g/mol. The van der Waals surface area contributed by atoms with Crippen molar-refractivity contribution in [3.05, 3.63) is 59.0 Å². The van der Waals surface area contributed by atoms with E-state index in [9.17, 15) is 4.79 Å². The third kappa shape index (κ3) is 5.12. The van der Waals surface area contributed by atoms with Gasteiger partial charge in [-0.2, -0.15) is 0 Å². The van der Waals surface area contributed by atoms with Crippen LogP contribution in [0.5, 0.6) is 0 Å². The summed E-state index contributed by atoms with van der Waals surface area (Å²) in [6.07, 6.45) is 2.35. The Morgan fingerprint density at radius 2 is 2.00 bits per heavy atom. The van der Waals surface area contributed by atoms with E-state index >= 15 is 0 Å². The second kappa shape index (κ2) is 8.75. The first-order valence-corrected chi connectivity index (χ1v) is 7.65. The van der Waals surface area contributed by atoms with Crippen LogP contribution >= 0.6 is 12.4 Å². The van der Waals surface area contributed by atoms with Crippen molar-refractivity contribution in [1.82, 2.24) is 5.32 Å². The van der Waals surface area contributed by atoms with E-state index in [1.807, 2.05) is 12.1 Å². The Hall–Kier alpha value is -1.78. The second-order valence-corrected chi connectivity index (χ2v) is 6.02. The maximum atomic E-state index is 12.4. The molecular formula is C18H25ClN2O2. The standard InChI is InChI=1S/C18H24N2O2.ClH/c1-12(2)8-17(16-7-5-4-6-13(16)3)20-18(21)14-9-15(10-19)22-11-14;/h4-7,9,11-12,17H,8,10,19H2,1-3H3,(H,20,21);1H. The van der Waals surface area contributed by atoms with Gasteiger partial charge in [-0.05, 0) is 36.5 Å². The van der Waals surface area contributed by atoms with Crippen LogP contribution in [0.15, 0.2) is 41.0 Å². The highest BCUT2D eigenvalue weighted by atomic mass is 35.5. The van der Waals surface area contributed by atoms with E-state index < -0.39 is 0 Å². The lowest BCUT2D eigenvalue weighted by atomic mass is 9.93. The fourth-order valence-electron chi connectivity index (χ4n) is 2.56. The molecule has 0 aliphatic carbocycles. The minimum atomic E-state index is -0.127. The Bertz CT molecular complexity index is 637. The molecule has 23 heavy (non-hydrogen) atoms. The molecular weight excluding hydrogens is 312 g/mol. The number of hydrogen-bond donors (Lipinski definition) is 2. The first-order valence-electron chi connectivity index (χ1n) is 7.65. The molecule has 0 aliphatic heterocycles. The second-order valence-electron chi connectivity index (χ2n) is 6.02. The molecule has 1 atom stereocenters. The number of carbonyl (C=O) groups excluding carboxylic acids is 1. The number of hydrogen-bond acceptors (Lipinski definition) is 3. The first kappa shape index (κ1) is 19.3. The zero-order valence-electron chi connectivity index (χ0n) is 13.8. The minimum absolute atomic E-state index is 0. The molecule has 3 N–H and O–H groups in total. The van der Waals surface area contributed by atoms with Crippen LogP contribution in [-0.2, 0) is 6.54 Å². The van der Waals surface area contributed by atoms with E-state index in [-0.39, 0.29) is 24.4 Å². The van der Waals surface area contributed by atoms with E-state index in [1.54, 1.807) is 6.07 Å². The van der Waals surface area contributed by atoms with Gasteiger partial charge in [-0.15, -0.1) is 12.4 Å². The van der Waals surface area contributed by atoms with Gasteiger partial charge < -0.3 is 15.5 Å².